The van der Waals surface area contributed by atoms with Gasteiger partial charge in [-0.1, -0.05) is 29.3 Å². The highest BCUT2D eigenvalue weighted by molar-refractivity contribution is 6.41. The zero-order valence-electron chi connectivity index (χ0n) is 8.59. The van der Waals surface area contributed by atoms with Crippen molar-refractivity contribution in [3.63, 3.8) is 0 Å². The topological polar surface area (TPSA) is 37.4 Å². The third-order valence-electron chi connectivity index (χ3n) is 2.51. The highest BCUT2D eigenvalue weighted by Gasteiger charge is 2.31. The molecule has 0 bridgehead atoms. The van der Waals surface area contributed by atoms with Crippen LogP contribution in [0.25, 0.3) is 0 Å². The Labute approximate surface area is 103 Å². The van der Waals surface area contributed by atoms with E-state index in [1.807, 2.05) is 6.92 Å². The summed E-state index contributed by atoms with van der Waals surface area (Å²) in [5.41, 5.74) is 1.27. The van der Waals surface area contributed by atoms with Gasteiger partial charge >= 0.3 is 0 Å². The molecule has 0 spiro atoms. The first-order valence-corrected chi connectivity index (χ1v) is 5.53. The number of hydrogen-bond donors (Lipinski definition) is 0. The molecule has 1 amide bonds. The number of ketones is 1. The monoisotopic (exact) mass is 257 g/mol. The standard InChI is InChI=1S/C11H9Cl2NO2/c1-6-2-3-8(12)11(10(6)13)14-5-7(15)4-9(14)16/h2-3H,4-5H2,1H3. The molecule has 0 radical (unpaired) electrons. The van der Waals surface area contributed by atoms with E-state index in [2.05, 4.69) is 0 Å². The summed E-state index contributed by atoms with van der Waals surface area (Å²) in [4.78, 5) is 24.1. The van der Waals surface area contributed by atoms with Gasteiger partial charge in [-0.05, 0) is 18.6 Å². The van der Waals surface area contributed by atoms with Crippen LogP contribution in [0.5, 0.6) is 0 Å². The fourth-order valence-electron chi connectivity index (χ4n) is 1.68. The van der Waals surface area contributed by atoms with Gasteiger partial charge in [0.1, 0.15) is 0 Å². The molecule has 16 heavy (non-hydrogen) atoms. The van der Waals surface area contributed by atoms with Crippen LogP contribution in [0.3, 0.4) is 0 Å². The summed E-state index contributed by atoms with van der Waals surface area (Å²) in [6.07, 6.45) is -0.0688. The van der Waals surface area contributed by atoms with Gasteiger partial charge in [0.25, 0.3) is 0 Å². The van der Waals surface area contributed by atoms with Crippen molar-refractivity contribution in [1.82, 2.24) is 0 Å². The van der Waals surface area contributed by atoms with Crippen molar-refractivity contribution in [2.45, 2.75) is 13.3 Å². The maximum atomic E-state index is 11.6. The molecule has 0 aliphatic carbocycles. The largest absolute Gasteiger partial charge is 0.302 e. The Bertz CT molecular complexity index is 485. The molecule has 0 unspecified atom stereocenters. The first-order valence-electron chi connectivity index (χ1n) is 4.77. The van der Waals surface area contributed by atoms with Gasteiger partial charge in [-0.2, -0.15) is 0 Å². The number of nitrogens with zero attached hydrogens (tertiary/aromatic N) is 1. The van der Waals surface area contributed by atoms with E-state index in [0.717, 1.165) is 5.56 Å². The van der Waals surface area contributed by atoms with Crippen molar-refractivity contribution in [1.29, 1.82) is 0 Å². The molecule has 1 fully saturated rings. The first-order chi connectivity index (χ1) is 7.50. The minimum Gasteiger partial charge on any atom is -0.302 e. The van der Waals surface area contributed by atoms with Crippen LogP contribution in [0.15, 0.2) is 12.1 Å². The van der Waals surface area contributed by atoms with Crippen molar-refractivity contribution < 1.29 is 9.59 Å². The highest BCUT2D eigenvalue weighted by atomic mass is 35.5. The van der Waals surface area contributed by atoms with E-state index in [4.69, 9.17) is 23.2 Å². The Morgan fingerprint density at radius 3 is 2.50 bits per heavy atom. The Morgan fingerprint density at radius 2 is 1.94 bits per heavy atom. The van der Waals surface area contributed by atoms with Crippen LogP contribution in [0, 0.1) is 6.92 Å². The van der Waals surface area contributed by atoms with E-state index in [0.29, 0.717) is 15.7 Å². The molecule has 0 saturated carbocycles. The molecule has 1 aliphatic heterocycles. The van der Waals surface area contributed by atoms with E-state index in [9.17, 15) is 9.59 Å². The molecule has 0 N–H and O–H groups in total. The Kier molecular flexibility index (Phi) is 2.91. The number of benzene rings is 1. The second kappa shape index (κ2) is 4.07. The third-order valence-corrected chi connectivity index (χ3v) is 3.30. The normalized spacial score (nSPS) is 16.1. The maximum absolute atomic E-state index is 11.6. The summed E-state index contributed by atoms with van der Waals surface area (Å²) >= 11 is 12.1. The van der Waals surface area contributed by atoms with Crippen molar-refractivity contribution in [3.05, 3.63) is 27.7 Å². The number of rotatable bonds is 1. The molecule has 1 aromatic rings. The number of amides is 1. The van der Waals surface area contributed by atoms with Gasteiger partial charge in [0, 0.05) is 0 Å². The van der Waals surface area contributed by atoms with Crippen LogP contribution in [-0.4, -0.2) is 18.2 Å². The summed E-state index contributed by atoms with van der Waals surface area (Å²) in [5, 5.41) is 0.814. The molecule has 0 atom stereocenters. The molecule has 1 aromatic carbocycles. The lowest BCUT2D eigenvalue weighted by molar-refractivity contribution is -0.121. The summed E-state index contributed by atoms with van der Waals surface area (Å²) in [7, 11) is 0. The zero-order chi connectivity index (χ0) is 11.9. The molecule has 2 rings (SSSR count). The lowest BCUT2D eigenvalue weighted by atomic mass is 10.2. The second-order valence-electron chi connectivity index (χ2n) is 3.72. The van der Waals surface area contributed by atoms with Gasteiger partial charge in [0.2, 0.25) is 5.91 Å². The van der Waals surface area contributed by atoms with Gasteiger partial charge in [0.05, 0.1) is 28.7 Å². The van der Waals surface area contributed by atoms with Crippen LogP contribution in [0.2, 0.25) is 10.0 Å². The van der Waals surface area contributed by atoms with Crippen LogP contribution in [0.4, 0.5) is 5.69 Å². The smallest absolute Gasteiger partial charge is 0.235 e. The predicted molar refractivity (Wildman–Crippen MR) is 63.2 cm³/mol. The number of carbonyl (C=O) groups is 2. The number of aryl methyl sites for hydroxylation is 1. The minimum absolute atomic E-state index is 0.0573. The molecular formula is C11H9Cl2NO2. The molecule has 1 heterocycles. The lowest BCUT2D eigenvalue weighted by Crippen LogP contribution is -2.25. The van der Waals surface area contributed by atoms with Gasteiger partial charge in [-0.15, -0.1) is 0 Å². The number of hydrogen-bond acceptors (Lipinski definition) is 2. The second-order valence-corrected chi connectivity index (χ2v) is 4.51. The number of carbonyl (C=O) groups excluding carboxylic acids is 2. The molecular weight excluding hydrogens is 249 g/mol. The first kappa shape index (κ1) is 11.4. The quantitative estimate of drug-likeness (QED) is 0.726. The summed E-state index contributed by atoms with van der Waals surface area (Å²) in [6.45, 7) is 1.88. The summed E-state index contributed by atoms with van der Waals surface area (Å²) in [6, 6.07) is 3.45. The lowest BCUT2D eigenvalue weighted by Gasteiger charge is -2.19. The van der Waals surface area contributed by atoms with Crippen molar-refractivity contribution in [2.24, 2.45) is 0 Å². The summed E-state index contributed by atoms with van der Waals surface area (Å²) in [5.74, 6) is -0.363. The van der Waals surface area contributed by atoms with E-state index in [-0.39, 0.29) is 24.7 Å². The molecule has 0 aromatic heterocycles. The fourth-order valence-corrected chi connectivity index (χ4v) is 2.25. The molecule has 1 saturated heterocycles. The maximum Gasteiger partial charge on any atom is 0.235 e. The average Bonchev–Trinajstić information content (AvgIpc) is 2.53. The van der Waals surface area contributed by atoms with Gasteiger partial charge in [-0.25, -0.2) is 0 Å². The zero-order valence-corrected chi connectivity index (χ0v) is 10.1. The molecule has 5 heteroatoms. The summed E-state index contributed by atoms with van der Waals surface area (Å²) < 4.78 is 0. The fraction of sp³-hybridized carbons (Fsp3) is 0.273. The average molecular weight is 258 g/mol. The Hall–Kier alpha value is -1.06. The van der Waals surface area contributed by atoms with Gasteiger partial charge in [-0.3, -0.25) is 9.59 Å². The number of halogens is 2. The van der Waals surface area contributed by atoms with Crippen LogP contribution in [0.1, 0.15) is 12.0 Å². The van der Waals surface area contributed by atoms with Crippen LogP contribution in [-0.2, 0) is 9.59 Å². The van der Waals surface area contributed by atoms with Gasteiger partial charge < -0.3 is 4.90 Å². The number of Topliss-reactive ketones (excluding diaryl/α,β-unsaturated/α-hetero) is 1. The molecule has 3 nitrogen and oxygen atoms in total. The van der Waals surface area contributed by atoms with Gasteiger partial charge in [0.15, 0.2) is 5.78 Å². The number of anilines is 1. The Morgan fingerprint density at radius 1 is 1.25 bits per heavy atom. The van der Waals surface area contributed by atoms with Crippen LogP contribution >= 0.6 is 23.2 Å². The predicted octanol–water partition coefficient (Wildman–Crippen LogP) is 2.61. The van der Waals surface area contributed by atoms with Crippen molar-refractivity contribution in [3.8, 4) is 0 Å². The van der Waals surface area contributed by atoms with Crippen LogP contribution < -0.4 is 4.90 Å². The van der Waals surface area contributed by atoms with Crippen molar-refractivity contribution in [2.75, 3.05) is 11.4 Å². The van der Waals surface area contributed by atoms with Crippen molar-refractivity contribution >= 4 is 40.6 Å². The van der Waals surface area contributed by atoms with E-state index in [1.165, 1.54) is 4.90 Å². The minimum atomic E-state index is -0.251. The Balaban J connectivity index is 2.52. The molecule has 84 valence electrons. The molecule has 1 aliphatic rings. The van der Waals surface area contributed by atoms with E-state index < -0.39 is 0 Å². The highest BCUT2D eigenvalue weighted by Crippen LogP contribution is 2.37. The third kappa shape index (κ3) is 1.81. The van der Waals surface area contributed by atoms with E-state index >= 15 is 0 Å². The SMILES string of the molecule is Cc1ccc(Cl)c(N2CC(=O)CC2=O)c1Cl. The van der Waals surface area contributed by atoms with E-state index in [1.54, 1.807) is 12.1 Å².